The molecule has 3 aromatic rings. The third-order valence-corrected chi connectivity index (χ3v) is 5.31. The van der Waals surface area contributed by atoms with Gasteiger partial charge in [0.25, 0.3) is 11.4 Å². The van der Waals surface area contributed by atoms with Gasteiger partial charge >= 0.3 is 0 Å². The molecule has 8 heteroatoms. The molecule has 2 N–H and O–H groups in total. The highest BCUT2D eigenvalue weighted by Crippen LogP contribution is 2.47. The lowest BCUT2D eigenvalue weighted by Gasteiger charge is -2.18. The van der Waals surface area contributed by atoms with E-state index in [9.17, 15) is 9.90 Å². The molecular weight excluding hydrogens is 386 g/mol. The average Bonchev–Trinajstić information content (AvgIpc) is 3.49. The third kappa shape index (κ3) is 3.53. The lowest BCUT2D eigenvalue weighted by atomic mass is 9.96. The largest absolute Gasteiger partial charge is 0.506 e. The van der Waals surface area contributed by atoms with Gasteiger partial charge in [0.1, 0.15) is 22.8 Å². The molecule has 0 atom stereocenters. The Morgan fingerprint density at radius 3 is 2.43 bits per heavy atom. The third-order valence-electron chi connectivity index (χ3n) is 5.31. The number of methoxy groups -OCH3 is 2. The molecule has 1 aliphatic rings. The van der Waals surface area contributed by atoms with Crippen LogP contribution in [0.2, 0.25) is 0 Å². The van der Waals surface area contributed by atoms with Gasteiger partial charge in [-0.2, -0.15) is 0 Å². The van der Waals surface area contributed by atoms with E-state index >= 15 is 0 Å². The van der Waals surface area contributed by atoms with Gasteiger partial charge < -0.3 is 24.0 Å². The minimum atomic E-state index is -0.470. The zero-order valence-electron chi connectivity index (χ0n) is 17.3. The highest BCUT2D eigenvalue weighted by molar-refractivity contribution is 5.86. The molecule has 1 aromatic carbocycles. The Balaban J connectivity index is 1.97. The Bertz CT molecular complexity index is 1090. The molecule has 0 aliphatic heterocycles. The lowest BCUT2D eigenvalue weighted by Crippen LogP contribution is -2.14. The first-order valence-electron chi connectivity index (χ1n) is 10.1. The van der Waals surface area contributed by atoms with Crippen LogP contribution in [-0.4, -0.2) is 34.5 Å². The van der Waals surface area contributed by atoms with Crippen molar-refractivity contribution in [3.8, 4) is 39.8 Å². The molecule has 0 radical (unpaired) electrons. The van der Waals surface area contributed by atoms with Crippen LogP contribution in [-0.2, 0) is 6.42 Å². The normalized spacial score (nSPS) is 13.4. The molecule has 0 amide bonds. The number of aromatic nitrogens is 3. The quantitative estimate of drug-likeness (QED) is 0.575. The molecule has 8 nitrogen and oxygen atoms in total. The van der Waals surface area contributed by atoms with Gasteiger partial charge in [-0.25, -0.2) is 0 Å². The smallest absolute Gasteiger partial charge is 0.264 e. The molecule has 30 heavy (non-hydrogen) atoms. The molecule has 1 aliphatic carbocycles. The number of pyridine rings is 1. The summed E-state index contributed by atoms with van der Waals surface area (Å²) >= 11 is 0. The Morgan fingerprint density at radius 2 is 1.83 bits per heavy atom. The van der Waals surface area contributed by atoms with Crippen LogP contribution >= 0.6 is 0 Å². The van der Waals surface area contributed by atoms with Crippen molar-refractivity contribution in [2.45, 2.75) is 44.9 Å². The summed E-state index contributed by atoms with van der Waals surface area (Å²) in [6.45, 7) is 2.06. The second-order valence-electron chi connectivity index (χ2n) is 7.39. The number of nitrogens with one attached hydrogen (secondary N) is 1. The van der Waals surface area contributed by atoms with Crippen LogP contribution in [0.5, 0.6) is 17.2 Å². The fourth-order valence-electron chi connectivity index (χ4n) is 3.57. The van der Waals surface area contributed by atoms with Crippen molar-refractivity contribution in [2.75, 3.05) is 14.2 Å². The van der Waals surface area contributed by atoms with Gasteiger partial charge in [-0.1, -0.05) is 19.4 Å². The number of benzene rings is 1. The first kappa shape index (κ1) is 20.0. The number of ether oxygens (including phenoxy) is 2. The van der Waals surface area contributed by atoms with Crippen LogP contribution in [0.1, 0.15) is 50.1 Å². The van der Waals surface area contributed by atoms with Gasteiger partial charge in [0.05, 0.1) is 25.3 Å². The molecule has 4 rings (SSSR count). The number of hydrogen-bond donors (Lipinski definition) is 2. The van der Waals surface area contributed by atoms with E-state index in [1.807, 2.05) is 0 Å². The van der Waals surface area contributed by atoms with E-state index < -0.39 is 5.56 Å². The lowest BCUT2D eigenvalue weighted by molar-refractivity contribution is 0.396. The van der Waals surface area contributed by atoms with Gasteiger partial charge in [0.15, 0.2) is 0 Å². The molecular formula is C22H25N3O5. The summed E-state index contributed by atoms with van der Waals surface area (Å²) in [6, 6.07) is 5.36. The van der Waals surface area contributed by atoms with Gasteiger partial charge in [-0.05, 0) is 37.8 Å². The van der Waals surface area contributed by atoms with Crippen LogP contribution in [0.15, 0.2) is 27.4 Å². The number of nitrogens with zero attached hydrogens (tertiary/aromatic N) is 2. The van der Waals surface area contributed by atoms with E-state index in [-0.39, 0.29) is 23.1 Å². The predicted molar refractivity (Wildman–Crippen MR) is 111 cm³/mol. The Kier molecular flexibility index (Phi) is 5.48. The van der Waals surface area contributed by atoms with Crippen molar-refractivity contribution < 1.29 is 19.0 Å². The van der Waals surface area contributed by atoms with Crippen LogP contribution in [0.3, 0.4) is 0 Å². The summed E-state index contributed by atoms with van der Waals surface area (Å²) in [5.41, 5.74) is 1.09. The Hall–Kier alpha value is -3.29. The Labute approximate surface area is 173 Å². The molecule has 1 fully saturated rings. The zero-order valence-corrected chi connectivity index (χ0v) is 17.3. The van der Waals surface area contributed by atoms with Crippen molar-refractivity contribution in [1.82, 2.24) is 15.2 Å². The highest BCUT2D eigenvalue weighted by Gasteiger charge is 2.32. The van der Waals surface area contributed by atoms with E-state index in [1.165, 1.54) is 0 Å². The van der Waals surface area contributed by atoms with E-state index in [1.54, 1.807) is 32.4 Å². The zero-order chi connectivity index (χ0) is 21.3. The predicted octanol–water partition coefficient (Wildman–Crippen LogP) is 4.03. The number of rotatable bonds is 8. The van der Waals surface area contributed by atoms with Crippen LogP contribution in [0, 0.1) is 0 Å². The molecule has 0 unspecified atom stereocenters. The minimum Gasteiger partial charge on any atom is -0.506 e. The molecule has 1 saturated carbocycles. The first-order chi connectivity index (χ1) is 14.6. The Morgan fingerprint density at radius 1 is 1.13 bits per heavy atom. The first-order valence-corrected chi connectivity index (χ1v) is 10.1. The maximum absolute atomic E-state index is 12.9. The van der Waals surface area contributed by atoms with Gasteiger partial charge in [-0.15, -0.1) is 10.2 Å². The van der Waals surface area contributed by atoms with E-state index in [2.05, 4.69) is 22.1 Å². The summed E-state index contributed by atoms with van der Waals surface area (Å²) in [5, 5.41) is 19.4. The van der Waals surface area contributed by atoms with Gasteiger partial charge in [0.2, 0.25) is 5.89 Å². The monoisotopic (exact) mass is 411 g/mol. The van der Waals surface area contributed by atoms with E-state index in [0.717, 1.165) is 25.7 Å². The molecule has 0 saturated heterocycles. The number of hydrogen-bond acceptors (Lipinski definition) is 7. The molecule has 2 heterocycles. The van der Waals surface area contributed by atoms with Crippen molar-refractivity contribution in [2.24, 2.45) is 0 Å². The average molecular weight is 411 g/mol. The van der Waals surface area contributed by atoms with Gasteiger partial charge in [0, 0.05) is 11.6 Å². The number of unbranched alkanes of at least 4 members (excludes halogenated alkanes) is 1. The number of aryl methyl sites for hydroxylation is 1. The van der Waals surface area contributed by atoms with Crippen molar-refractivity contribution in [3.05, 3.63) is 40.1 Å². The molecule has 2 aromatic heterocycles. The summed E-state index contributed by atoms with van der Waals surface area (Å²) in [5.74, 6) is 1.56. The number of aromatic amines is 1. The van der Waals surface area contributed by atoms with Crippen LogP contribution in [0.25, 0.3) is 22.6 Å². The molecule has 158 valence electrons. The van der Waals surface area contributed by atoms with E-state index in [4.69, 9.17) is 13.9 Å². The van der Waals surface area contributed by atoms with Gasteiger partial charge in [-0.3, -0.25) is 4.79 Å². The highest BCUT2D eigenvalue weighted by atomic mass is 16.5. The standard InChI is InChI=1S/C22H25N3O5/c1-4-5-7-13-16(17-14(28-2)8-6-9-15(17)29-3)19(26)18(20(27)23-13)22-25-24-21(30-22)12-10-11-12/h6,8-9,12H,4-5,7,10-11H2,1-3H3,(H2,23,26,27). The summed E-state index contributed by atoms with van der Waals surface area (Å²) in [4.78, 5) is 15.8. The van der Waals surface area contributed by atoms with Crippen LogP contribution in [0.4, 0.5) is 0 Å². The molecule has 0 bridgehead atoms. The summed E-state index contributed by atoms with van der Waals surface area (Å²) in [7, 11) is 3.10. The number of aromatic hydroxyl groups is 1. The van der Waals surface area contributed by atoms with Crippen molar-refractivity contribution >= 4 is 0 Å². The summed E-state index contributed by atoms with van der Waals surface area (Å²) < 4.78 is 16.8. The topological polar surface area (TPSA) is 110 Å². The SMILES string of the molecule is CCCCc1[nH]c(=O)c(-c2nnc(C3CC3)o2)c(O)c1-c1c(OC)cccc1OC. The van der Waals surface area contributed by atoms with E-state index in [0.29, 0.717) is 40.6 Å². The second-order valence-corrected chi connectivity index (χ2v) is 7.39. The minimum absolute atomic E-state index is 0.00723. The fourth-order valence-corrected chi connectivity index (χ4v) is 3.57. The summed E-state index contributed by atoms with van der Waals surface area (Å²) in [6.07, 6.45) is 4.33. The maximum atomic E-state index is 12.9. The van der Waals surface area contributed by atoms with Crippen molar-refractivity contribution in [1.29, 1.82) is 0 Å². The maximum Gasteiger partial charge on any atom is 0.264 e. The number of H-pyrrole nitrogens is 1. The van der Waals surface area contributed by atoms with Crippen molar-refractivity contribution in [3.63, 3.8) is 0 Å². The fraction of sp³-hybridized carbons (Fsp3) is 0.409. The van der Waals surface area contributed by atoms with Crippen LogP contribution < -0.4 is 15.0 Å². The molecule has 0 spiro atoms. The second kappa shape index (κ2) is 8.22.